The quantitative estimate of drug-likeness (QED) is 0.151. The van der Waals surface area contributed by atoms with E-state index in [2.05, 4.69) is 25.3 Å². The molecule has 0 spiro atoms. The fourth-order valence-electron chi connectivity index (χ4n) is 4.04. The van der Waals surface area contributed by atoms with E-state index in [0.717, 1.165) is 9.87 Å². The standard InChI is InChI=1S/C27H27N7O8S/c1-15-2-8-19(9-3-15)43(41,42)34(14-18-12-29-23-22(30-18)25(38)33-27(28)32-23)13-16-4-6-17(7-5-16)24(37)31-20(26(39)40)10-11-21(35)36/h2-9,12,20H,10-11,13-14H2,1H3,(H,31,37)(H,35,36)(H,39,40)(H3,28,29,32,33,38)/t20-/m0/s1. The summed E-state index contributed by atoms with van der Waals surface area (Å²) in [5, 5.41) is 20.4. The molecule has 0 aliphatic rings. The van der Waals surface area contributed by atoms with Gasteiger partial charge in [-0.05, 0) is 43.2 Å². The largest absolute Gasteiger partial charge is 0.481 e. The lowest BCUT2D eigenvalue weighted by Gasteiger charge is -2.22. The Hall–Kier alpha value is -5.22. The third kappa shape index (κ3) is 7.55. The van der Waals surface area contributed by atoms with E-state index in [9.17, 15) is 32.7 Å². The highest BCUT2D eigenvalue weighted by molar-refractivity contribution is 7.89. The van der Waals surface area contributed by atoms with E-state index in [-0.39, 0.29) is 52.8 Å². The molecule has 0 bridgehead atoms. The zero-order valence-electron chi connectivity index (χ0n) is 22.7. The molecule has 0 unspecified atom stereocenters. The molecule has 2 aromatic carbocycles. The fourth-order valence-corrected chi connectivity index (χ4v) is 5.44. The highest BCUT2D eigenvalue weighted by Crippen LogP contribution is 2.22. The summed E-state index contributed by atoms with van der Waals surface area (Å²) in [6, 6.07) is 10.6. The molecular formula is C27H27N7O8S. The second-order valence-corrected chi connectivity index (χ2v) is 11.5. The Morgan fingerprint density at radius 1 is 1.02 bits per heavy atom. The number of aromatic nitrogens is 4. The summed E-state index contributed by atoms with van der Waals surface area (Å²) in [6.07, 6.45) is 0.553. The zero-order valence-corrected chi connectivity index (χ0v) is 23.5. The van der Waals surface area contributed by atoms with Gasteiger partial charge in [-0.25, -0.2) is 23.2 Å². The molecule has 43 heavy (non-hydrogen) atoms. The number of nitrogens with one attached hydrogen (secondary N) is 2. The van der Waals surface area contributed by atoms with E-state index < -0.39 is 45.9 Å². The molecule has 1 atom stereocenters. The van der Waals surface area contributed by atoms with Crippen LogP contribution in [0.1, 0.15) is 40.0 Å². The summed E-state index contributed by atoms with van der Waals surface area (Å²) in [5.74, 6) is -3.45. The molecule has 0 radical (unpaired) electrons. The van der Waals surface area contributed by atoms with Crippen molar-refractivity contribution in [3.05, 3.63) is 87.5 Å². The van der Waals surface area contributed by atoms with Crippen molar-refractivity contribution in [1.82, 2.24) is 29.6 Å². The minimum Gasteiger partial charge on any atom is -0.481 e. The number of aromatic amines is 1. The number of fused-ring (bicyclic) bond motifs is 1. The van der Waals surface area contributed by atoms with Crippen LogP contribution < -0.4 is 16.6 Å². The summed E-state index contributed by atoms with van der Waals surface area (Å²) < 4.78 is 28.6. The number of nitrogens with two attached hydrogens (primary N) is 1. The van der Waals surface area contributed by atoms with Gasteiger partial charge in [0.05, 0.1) is 23.3 Å². The van der Waals surface area contributed by atoms with Crippen molar-refractivity contribution in [2.75, 3.05) is 5.73 Å². The maximum absolute atomic E-state index is 13.7. The van der Waals surface area contributed by atoms with Crippen molar-refractivity contribution in [3.8, 4) is 0 Å². The summed E-state index contributed by atoms with van der Waals surface area (Å²) in [4.78, 5) is 61.8. The van der Waals surface area contributed by atoms with Crippen LogP contribution in [0.3, 0.4) is 0 Å². The lowest BCUT2D eigenvalue weighted by Crippen LogP contribution is -2.41. The molecule has 16 heteroatoms. The molecular weight excluding hydrogens is 582 g/mol. The first-order valence-electron chi connectivity index (χ1n) is 12.8. The summed E-state index contributed by atoms with van der Waals surface area (Å²) >= 11 is 0. The zero-order chi connectivity index (χ0) is 31.3. The molecule has 224 valence electrons. The third-order valence-electron chi connectivity index (χ3n) is 6.31. The predicted octanol–water partition coefficient (Wildman–Crippen LogP) is 1.04. The number of carbonyl (C=O) groups is 3. The third-order valence-corrected chi connectivity index (χ3v) is 8.11. The van der Waals surface area contributed by atoms with Gasteiger partial charge in [-0.2, -0.15) is 9.29 Å². The molecule has 2 aromatic heterocycles. The molecule has 0 aliphatic carbocycles. The maximum Gasteiger partial charge on any atom is 0.326 e. The number of carbonyl (C=O) groups excluding carboxylic acids is 1. The van der Waals surface area contributed by atoms with Crippen LogP contribution in [-0.4, -0.2) is 66.8 Å². The summed E-state index contributed by atoms with van der Waals surface area (Å²) in [5.41, 5.74) is 6.40. The number of nitrogen functional groups attached to an aromatic ring is 1. The number of aliphatic carboxylic acids is 2. The fraction of sp³-hybridized carbons (Fsp3) is 0.222. The van der Waals surface area contributed by atoms with Gasteiger partial charge in [0, 0.05) is 18.5 Å². The van der Waals surface area contributed by atoms with Crippen molar-refractivity contribution < 1.29 is 33.0 Å². The van der Waals surface area contributed by atoms with E-state index >= 15 is 0 Å². The number of hydrogen-bond donors (Lipinski definition) is 5. The molecule has 0 saturated carbocycles. The first-order valence-corrected chi connectivity index (χ1v) is 14.2. The van der Waals surface area contributed by atoms with Gasteiger partial charge in [0.1, 0.15) is 6.04 Å². The van der Waals surface area contributed by atoms with Crippen LogP contribution in [0.15, 0.2) is 64.4 Å². The molecule has 0 fully saturated rings. The summed E-state index contributed by atoms with van der Waals surface area (Å²) in [6.45, 7) is 1.39. The molecule has 15 nitrogen and oxygen atoms in total. The van der Waals surface area contributed by atoms with Gasteiger partial charge in [0.2, 0.25) is 16.0 Å². The molecule has 4 rings (SSSR count). The van der Waals surface area contributed by atoms with Gasteiger partial charge in [0.25, 0.3) is 11.5 Å². The Balaban J connectivity index is 1.61. The Kier molecular flexibility index (Phi) is 9.11. The number of H-pyrrole nitrogens is 1. The first-order chi connectivity index (χ1) is 20.3. The monoisotopic (exact) mass is 609 g/mol. The molecule has 6 N–H and O–H groups in total. The van der Waals surface area contributed by atoms with Gasteiger partial charge < -0.3 is 21.3 Å². The predicted molar refractivity (Wildman–Crippen MR) is 152 cm³/mol. The molecule has 4 aromatic rings. The number of aryl methyl sites for hydroxylation is 1. The second kappa shape index (κ2) is 12.7. The van der Waals surface area contributed by atoms with Gasteiger partial charge in [-0.1, -0.05) is 29.8 Å². The number of carboxylic acid groups (broad SMARTS) is 2. The average molecular weight is 610 g/mol. The van der Waals surface area contributed by atoms with E-state index in [1.165, 1.54) is 42.6 Å². The highest BCUT2D eigenvalue weighted by atomic mass is 32.2. The molecule has 1 amide bonds. The van der Waals surface area contributed by atoms with Crippen LogP contribution in [0, 0.1) is 6.92 Å². The molecule has 0 aliphatic heterocycles. The Labute approximate surface area is 244 Å². The minimum atomic E-state index is -4.10. The number of carboxylic acids is 2. The van der Waals surface area contributed by atoms with Crippen molar-refractivity contribution in [2.45, 2.75) is 43.8 Å². The topological polar surface area (TPSA) is 239 Å². The van der Waals surface area contributed by atoms with E-state index in [1.807, 2.05) is 6.92 Å². The second-order valence-electron chi connectivity index (χ2n) is 9.56. The van der Waals surface area contributed by atoms with Crippen LogP contribution in [0.4, 0.5) is 5.95 Å². The van der Waals surface area contributed by atoms with Crippen LogP contribution >= 0.6 is 0 Å². The normalized spacial score (nSPS) is 12.2. The SMILES string of the molecule is Cc1ccc(S(=O)(=O)N(Cc2ccc(C(=O)N[C@@H](CCC(=O)O)C(=O)O)cc2)Cc2cnc3nc(N)[nH]c(=O)c3n2)cc1. The van der Waals surface area contributed by atoms with Crippen LogP contribution in [0.5, 0.6) is 0 Å². The number of amides is 1. The Morgan fingerprint density at radius 3 is 2.33 bits per heavy atom. The number of nitrogens with zero attached hydrogens (tertiary/aromatic N) is 4. The Bertz CT molecular complexity index is 1840. The van der Waals surface area contributed by atoms with Crippen molar-refractivity contribution in [2.24, 2.45) is 0 Å². The number of rotatable bonds is 12. The van der Waals surface area contributed by atoms with Crippen LogP contribution in [0.25, 0.3) is 11.2 Å². The maximum atomic E-state index is 13.7. The lowest BCUT2D eigenvalue weighted by atomic mass is 10.1. The highest BCUT2D eigenvalue weighted by Gasteiger charge is 2.27. The number of anilines is 1. The molecule has 0 saturated heterocycles. The summed E-state index contributed by atoms with van der Waals surface area (Å²) in [7, 11) is -4.10. The first kappa shape index (κ1) is 30.7. The number of benzene rings is 2. The van der Waals surface area contributed by atoms with E-state index in [1.54, 1.807) is 12.1 Å². The van der Waals surface area contributed by atoms with Crippen LogP contribution in [-0.2, 0) is 32.7 Å². The van der Waals surface area contributed by atoms with Gasteiger partial charge in [-0.15, -0.1) is 0 Å². The van der Waals surface area contributed by atoms with Gasteiger partial charge in [-0.3, -0.25) is 19.4 Å². The number of hydrogen-bond acceptors (Lipinski definition) is 10. The van der Waals surface area contributed by atoms with Crippen LogP contribution in [0.2, 0.25) is 0 Å². The van der Waals surface area contributed by atoms with E-state index in [0.29, 0.717) is 5.56 Å². The minimum absolute atomic E-state index is 0.0000885. The average Bonchev–Trinajstić information content (AvgIpc) is 2.95. The number of sulfonamides is 1. The van der Waals surface area contributed by atoms with Crippen molar-refractivity contribution in [1.29, 1.82) is 0 Å². The van der Waals surface area contributed by atoms with Gasteiger partial charge in [0.15, 0.2) is 11.2 Å². The van der Waals surface area contributed by atoms with Crippen molar-refractivity contribution >= 4 is 45.0 Å². The smallest absolute Gasteiger partial charge is 0.326 e. The lowest BCUT2D eigenvalue weighted by molar-refractivity contribution is -0.140. The van der Waals surface area contributed by atoms with Gasteiger partial charge >= 0.3 is 11.9 Å². The Morgan fingerprint density at radius 2 is 1.70 bits per heavy atom. The molecule has 2 heterocycles. The van der Waals surface area contributed by atoms with E-state index in [4.69, 9.17) is 10.8 Å². The van der Waals surface area contributed by atoms with Crippen molar-refractivity contribution in [3.63, 3.8) is 0 Å².